The first-order valence-corrected chi connectivity index (χ1v) is 5.26. The smallest absolute Gasteiger partial charge is 0.387 e. The zero-order chi connectivity index (χ0) is 10.0. The summed E-state index contributed by atoms with van der Waals surface area (Å²) in [7, 11) is 0. The first-order chi connectivity index (χ1) is 6.00. The minimum atomic E-state index is -2.88. The molecule has 1 aromatic carbocycles. The van der Waals surface area contributed by atoms with Gasteiger partial charge in [-0.3, -0.25) is 0 Å². The van der Waals surface area contributed by atoms with Crippen LogP contribution < -0.4 is 4.74 Å². The quantitative estimate of drug-likeness (QED) is 0.673. The molecule has 0 N–H and O–H groups in total. The number of benzene rings is 1. The number of halogens is 5. The molecule has 0 spiro atoms. The van der Waals surface area contributed by atoms with Gasteiger partial charge in [-0.05, 0) is 57.3 Å². The Morgan fingerprint density at radius 3 is 2.00 bits per heavy atom. The van der Waals surface area contributed by atoms with Crippen LogP contribution >= 0.6 is 45.2 Å². The zero-order valence-corrected chi connectivity index (χ0v) is 10.3. The van der Waals surface area contributed by atoms with E-state index in [1.165, 1.54) is 0 Å². The van der Waals surface area contributed by atoms with Crippen molar-refractivity contribution in [2.45, 2.75) is 6.61 Å². The lowest BCUT2D eigenvalue weighted by Crippen LogP contribution is -2.05. The number of rotatable bonds is 2. The van der Waals surface area contributed by atoms with E-state index in [1.807, 2.05) is 0 Å². The molecule has 13 heavy (non-hydrogen) atoms. The topological polar surface area (TPSA) is 9.23 Å². The minimum Gasteiger partial charge on any atom is -0.433 e. The van der Waals surface area contributed by atoms with Crippen molar-refractivity contribution in [1.82, 2.24) is 0 Å². The Hall–Kier alpha value is 0.270. The Morgan fingerprint density at radius 1 is 1.15 bits per heavy atom. The summed E-state index contributed by atoms with van der Waals surface area (Å²) < 4.78 is 41.3. The molecule has 0 bridgehead atoms. The van der Waals surface area contributed by atoms with Crippen molar-refractivity contribution in [1.29, 1.82) is 0 Å². The van der Waals surface area contributed by atoms with E-state index >= 15 is 0 Å². The molecule has 0 heterocycles. The van der Waals surface area contributed by atoms with E-state index in [0.717, 1.165) is 12.1 Å². The lowest BCUT2D eigenvalue weighted by Gasteiger charge is -2.08. The van der Waals surface area contributed by atoms with E-state index in [9.17, 15) is 13.2 Å². The summed E-state index contributed by atoms with van der Waals surface area (Å²) in [5, 5.41) is 0. The summed E-state index contributed by atoms with van der Waals surface area (Å²) >= 11 is 3.48. The summed E-state index contributed by atoms with van der Waals surface area (Å²) in [5.41, 5.74) is 0. The monoisotopic (exact) mass is 414 g/mol. The fraction of sp³-hybridized carbons (Fsp3) is 0.143. The molecule has 0 saturated carbocycles. The van der Waals surface area contributed by atoms with E-state index in [4.69, 9.17) is 0 Å². The van der Waals surface area contributed by atoms with Gasteiger partial charge in [0.05, 0.1) is 7.14 Å². The van der Waals surface area contributed by atoms with E-state index < -0.39 is 12.4 Å². The summed E-state index contributed by atoms with van der Waals surface area (Å²) in [6.07, 6.45) is 0. The highest BCUT2D eigenvalue weighted by atomic mass is 127. The third kappa shape index (κ3) is 3.15. The molecule has 1 aromatic rings. The number of alkyl halides is 2. The second-order valence-electron chi connectivity index (χ2n) is 2.08. The third-order valence-corrected chi connectivity index (χ3v) is 2.77. The molecule has 0 aliphatic heterocycles. The second kappa shape index (κ2) is 4.67. The third-order valence-electron chi connectivity index (χ3n) is 1.17. The molecule has 0 saturated heterocycles. The van der Waals surface area contributed by atoms with Gasteiger partial charge in [-0.25, -0.2) is 4.39 Å². The van der Waals surface area contributed by atoms with Crippen LogP contribution in [0.25, 0.3) is 0 Å². The van der Waals surface area contributed by atoms with Crippen LogP contribution in [0.1, 0.15) is 0 Å². The Bertz CT molecular complexity index is 294. The van der Waals surface area contributed by atoms with Crippen LogP contribution in [0.3, 0.4) is 0 Å². The molecule has 6 heteroatoms. The molecule has 1 rings (SSSR count). The fourth-order valence-corrected chi connectivity index (χ4v) is 2.68. The Labute approximate surface area is 99.9 Å². The standard InChI is InChI=1S/C7H3F3I2O/c8-3-1-4(11)6(5(12)2-3)13-7(9)10/h1-2,7H. The van der Waals surface area contributed by atoms with Gasteiger partial charge in [0.1, 0.15) is 5.82 Å². The Morgan fingerprint density at radius 2 is 1.62 bits per heavy atom. The average Bonchev–Trinajstić information content (AvgIpc) is 1.96. The molecule has 0 aliphatic rings. The Kier molecular flexibility index (Phi) is 4.07. The summed E-state index contributed by atoms with van der Waals surface area (Å²) in [6, 6.07) is 2.28. The van der Waals surface area contributed by atoms with E-state index in [2.05, 4.69) is 4.74 Å². The fourth-order valence-electron chi connectivity index (χ4n) is 0.731. The predicted octanol–water partition coefficient (Wildman–Crippen LogP) is 3.64. The number of hydrogen-bond donors (Lipinski definition) is 0. The van der Waals surface area contributed by atoms with Crippen LogP contribution in [0.2, 0.25) is 0 Å². The summed E-state index contributed by atoms with van der Waals surface area (Å²) in [6.45, 7) is -2.88. The first kappa shape index (κ1) is 11.3. The van der Waals surface area contributed by atoms with Crippen LogP contribution in [0.4, 0.5) is 13.2 Å². The van der Waals surface area contributed by atoms with E-state index in [-0.39, 0.29) is 5.75 Å². The van der Waals surface area contributed by atoms with E-state index in [0.29, 0.717) is 7.14 Å². The normalized spacial score (nSPS) is 10.6. The van der Waals surface area contributed by atoms with E-state index in [1.54, 1.807) is 45.2 Å². The van der Waals surface area contributed by atoms with Crippen LogP contribution in [-0.4, -0.2) is 6.61 Å². The van der Waals surface area contributed by atoms with Gasteiger partial charge in [-0.15, -0.1) is 0 Å². The van der Waals surface area contributed by atoms with Gasteiger partial charge in [0, 0.05) is 0 Å². The molecule has 0 fully saturated rings. The summed E-state index contributed by atoms with van der Waals surface area (Å²) in [5.74, 6) is -0.437. The second-order valence-corrected chi connectivity index (χ2v) is 4.40. The highest BCUT2D eigenvalue weighted by Gasteiger charge is 2.13. The van der Waals surface area contributed by atoms with Crippen molar-refractivity contribution >= 4 is 45.2 Å². The molecular weight excluding hydrogens is 411 g/mol. The molecule has 72 valence electrons. The maximum Gasteiger partial charge on any atom is 0.387 e. The van der Waals surface area contributed by atoms with Gasteiger partial charge in [0.15, 0.2) is 5.75 Å². The summed E-state index contributed by atoms with van der Waals surface area (Å²) in [4.78, 5) is 0. The number of ether oxygens (including phenoxy) is 1. The molecular formula is C7H3F3I2O. The van der Waals surface area contributed by atoms with Crippen molar-refractivity contribution in [3.05, 3.63) is 25.1 Å². The lowest BCUT2D eigenvalue weighted by atomic mass is 10.3. The maximum atomic E-state index is 12.7. The van der Waals surface area contributed by atoms with Crippen molar-refractivity contribution < 1.29 is 17.9 Å². The van der Waals surface area contributed by atoms with Gasteiger partial charge in [0.25, 0.3) is 0 Å². The van der Waals surface area contributed by atoms with Crippen LogP contribution in [0.15, 0.2) is 12.1 Å². The molecule has 0 atom stereocenters. The van der Waals surface area contributed by atoms with Crippen molar-refractivity contribution in [2.75, 3.05) is 0 Å². The van der Waals surface area contributed by atoms with Gasteiger partial charge >= 0.3 is 6.61 Å². The van der Waals surface area contributed by atoms with Gasteiger partial charge < -0.3 is 4.74 Å². The van der Waals surface area contributed by atoms with Gasteiger partial charge in [0.2, 0.25) is 0 Å². The van der Waals surface area contributed by atoms with Crippen molar-refractivity contribution in [2.24, 2.45) is 0 Å². The highest BCUT2D eigenvalue weighted by molar-refractivity contribution is 14.1. The van der Waals surface area contributed by atoms with Crippen molar-refractivity contribution in [3.8, 4) is 5.75 Å². The first-order valence-electron chi connectivity index (χ1n) is 3.10. The molecule has 1 nitrogen and oxygen atoms in total. The Balaban J connectivity index is 3.06. The van der Waals surface area contributed by atoms with Crippen LogP contribution in [0, 0.1) is 13.0 Å². The SMILES string of the molecule is Fc1cc(I)c(OC(F)F)c(I)c1. The molecule has 0 radical (unpaired) electrons. The largest absolute Gasteiger partial charge is 0.433 e. The predicted molar refractivity (Wildman–Crippen MR) is 58.5 cm³/mol. The molecule has 0 aromatic heterocycles. The molecule has 0 amide bonds. The number of hydrogen-bond acceptors (Lipinski definition) is 1. The molecule has 0 unspecified atom stereocenters. The van der Waals surface area contributed by atoms with Crippen LogP contribution in [-0.2, 0) is 0 Å². The van der Waals surface area contributed by atoms with Crippen molar-refractivity contribution in [3.63, 3.8) is 0 Å². The highest BCUT2D eigenvalue weighted by Crippen LogP contribution is 2.29. The van der Waals surface area contributed by atoms with Crippen LogP contribution in [0.5, 0.6) is 5.75 Å². The average molecular weight is 414 g/mol. The zero-order valence-electron chi connectivity index (χ0n) is 6.03. The maximum absolute atomic E-state index is 12.7. The minimum absolute atomic E-state index is 0.0256. The van der Waals surface area contributed by atoms with Gasteiger partial charge in [-0.1, -0.05) is 0 Å². The molecule has 0 aliphatic carbocycles. The lowest BCUT2D eigenvalue weighted by molar-refractivity contribution is -0.0510. The van der Waals surface area contributed by atoms with Gasteiger partial charge in [-0.2, -0.15) is 8.78 Å².